The van der Waals surface area contributed by atoms with Gasteiger partial charge in [0.1, 0.15) is 17.4 Å². The van der Waals surface area contributed by atoms with Crippen LogP contribution in [0.15, 0.2) is 48.5 Å². The second-order valence-electron chi connectivity index (χ2n) is 8.13. The van der Waals surface area contributed by atoms with Gasteiger partial charge in [0.25, 0.3) is 0 Å². The van der Waals surface area contributed by atoms with E-state index in [1.54, 1.807) is 36.4 Å². The molecular weight excluding hydrogens is 490 g/mol. The second kappa shape index (κ2) is 7.64. The van der Waals surface area contributed by atoms with Crippen molar-refractivity contribution in [3.05, 3.63) is 71.3 Å². The first-order chi connectivity index (χ1) is 13.3. The molecule has 5 heteroatoms. The summed E-state index contributed by atoms with van der Waals surface area (Å²) in [5, 5.41) is 0. The minimum atomic E-state index is -0.692. The molecule has 0 aromatic heterocycles. The van der Waals surface area contributed by atoms with E-state index in [2.05, 4.69) is 31.9 Å². The lowest BCUT2D eigenvalue weighted by atomic mass is 9.83. The molecule has 2 saturated carbocycles. The minimum absolute atomic E-state index is 0.0130. The molecule has 28 heavy (non-hydrogen) atoms. The van der Waals surface area contributed by atoms with Gasteiger partial charge in [0.05, 0.1) is 8.65 Å². The van der Waals surface area contributed by atoms with Gasteiger partial charge in [-0.25, -0.2) is 8.78 Å². The number of alkyl halides is 2. The molecular formula is C23H22Br2F2O. The monoisotopic (exact) mass is 510 g/mol. The molecule has 0 bridgehead atoms. The van der Waals surface area contributed by atoms with E-state index in [0.29, 0.717) is 11.1 Å². The van der Waals surface area contributed by atoms with Gasteiger partial charge in [-0.2, -0.15) is 0 Å². The van der Waals surface area contributed by atoms with E-state index in [1.807, 2.05) is 0 Å². The second-order valence-corrected chi connectivity index (χ2v) is 11.0. The lowest BCUT2D eigenvalue weighted by Gasteiger charge is -2.32. The zero-order chi connectivity index (χ0) is 19.9. The molecule has 0 N–H and O–H groups in total. The van der Waals surface area contributed by atoms with Gasteiger partial charge in [0, 0.05) is 24.0 Å². The highest BCUT2D eigenvalue weighted by molar-refractivity contribution is 9.10. The molecule has 2 aromatic rings. The Bertz CT molecular complexity index is 822. The third kappa shape index (κ3) is 3.85. The molecule has 0 heterocycles. The highest BCUT2D eigenvalue weighted by Gasteiger charge is 2.50. The zero-order valence-corrected chi connectivity index (χ0v) is 18.6. The number of benzene rings is 2. The number of rotatable bonds is 8. The van der Waals surface area contributed by atoms with Gasteiger partial charge < -0.3 is 0 Å². The smallest absolute Gasteiger partial charge is 0.136 e. The van der Waals surface area contributed by atoms with Crippen LogP contribution in [-0.4, -0.2) is 5.78 Å². The number of ketones is 1. The van der Waals surface area contributed by atoms with Crippen LogP contribution in [0.25, 0.3) is 0 Å². The maximum absolute atomic E-state index is 14.5. The highest BCUT2D eigenvalue weighted by atomic mass is 79.9. The van der Waals surface area contributed by atoms with Crippen LogP contribution in [0, 0.1) is 23.5 Å². The summed E-state index contributed by atoms with van der Waals surface area (Å²) in [5.74, 6) is -0.0834. The van der Waals surface area contributed by atoms with Gasteiger partial charge in [-0.05, 0) is 49.7 Å². The minimum Gasteiger partial charge on any atom is -0.300 e. The molecule has 0 amide bonds. The van der Waals surface area contributed by atoms with E-state index in [1.165, 1.54) is 12.1 Å². The van der Waals surface area contributed by atoms with E-state index < -0.39 is 8.65 Å². The Morgan fingerprint density at radius 1 is 0.786 bits per heavy atom. The van der Waals surface area contributed by atoms with Gasteiger partial charge in [0.2, 0.25) is 0 Å². The quantitative estimate of drug-likeness (QED) is 0.348. The van der Waals surface area contributed by atoms with Crippen LogP contribution in [0.5, 0.6) is 0 Å². The maximum atomic E-state index is 14.5. The maximum Gasteiger partial charge on any atom is 0.136 e. The standard InChI is InChI=1S/C23H22Br2F2O/c24-22(15-9-10-15,18-5-1-3-7-20(18)26)13-17(28)14-23(25,16-11-12-16)19-6-2-4-8-21(19)27/h1-8,15-16H,9-14H2. The molecule has 2 aliphatic rings. The Balaban J connectivity index is 1.60. The van der Waals surface area contributed by atoms with Crippen molar-refractivity contribution in [2.75, 3.05) is 0 Å². The molecule has 1 nitrogen and oxygen atoms in total. The third-order valence-corrected chi connectivity index (χ3v) is 8.71. The molecule has 2 aliphatic carbocycles. The van der Waals surface area contributed by atoms with Crippen LogP contribution in [0.4, 0.5) is 8.78 Å². The lowest BCUT2D eigenvalue weighted by Crippen LogP contribution is -2.31. The fourth-order valence-corrected chi connectivity index (χ4v) is 6.42. The van der Waals surface area contributed by atoms with Gasteiger partial charge >= 0.3 is 0 Å². The van der Waals surface area contributed by atoms with E-state index in [9.17, 15) is 13.6 Å². The van der Waals surface area contributed by atoms with Crippen LogP contribution in [-0.2, 0) is 13.4 Å². The van der Waals surface area contributed by atoms with Crippen molar-refractivity contribution in [1.82, 2.24) is 0 Å². The van der Waals surface area contributed by atoms with E-state index in [0.717, 1.165) is 25.7 Å². The van der Waals surface area contributed by atoms with Gasteiger partial charge in [-0.1, -0.05) is 68.3 Å². The fraction of sp³-hybridized carbons (Fsp3) is 0.435. The molecule has 4 rings (SSSR count). The normalized spacial score (nSPS) is 21.0. The van der Waals surface area contributed by atoms with Crippen molar-refractivity contribution >= 4 is 37.6 Å². The molecule has 0 spiro atoms. The Labute approximate surface area is 181 Å². The fourth-order valence-electron chi connectivity index (χ4n) is 4.23. The predicted octanol–water partition coefficient (Wildman–Crippen LogP) is 7.01. The first kappa shape index (κ1) is 20.2. The molecule has 0 radical (unpaired) electrons. The van der Waals surface area contributed by atoms with Crippen molar-refractivity contribution in [3.8, 4) is 0 Å². The van der Waals surface area contributed by atoms with Crippen LogP contribution in [0.2, 0.25) is 0 Å². The van der Waals surface area contributed by atoms with Crippen molar-refractivity contribution in [1.29, 1.82) is 0 Å². The van der Waals surface area contributed by atoms with E-state index in [4.69, 9.17) is 0 Å². The number of halogens is 4. The number of hydrogen-bond donors (Lipinski definition) is 0. The SMILES string of the molecule is O=C(CC(Br)(c1ccccc1F)C1CC1)CC(Br)(c1ccccc1F)C1CC1. The van der Waals surface area contributed by atoms with E-state index >= 15 is 0 Å². The van der Waals surface area contributed by atoms with Crippen molar-refractivity contribution in [2.24, 2.45) is 11.8 Å². The summed E-state index contributed by atoms with van der Waals surface area (Å²) in [5.41, 5.74) is 1.09. The number of carbonyl (C=O) groups is 1. The summed E-state index contributed by atoms with van der Waals surface area (Å²) in [6.45, 7) is 0. The average molecular weight is 512 g/mol. The molecule has 2 atom stereocenters. The van der Waals surface area contributed by atoms with Gasteiger partial charge in [-0.15, -0.1) is 0 Å². The highest BCUT2D eigenvalue weighted by Crippen LogP contribution is 2.57. The summed E-state index contributed by atoms with van der Waals surface area (Å²) < 4.78 is 27.6. The van der Waals surface area contributed by atoms with Crippen molar-refractivity contribution in [3.63, 3.8) is 0 Å². The van der Waals surface area contributed by atoms with Crippen molar-refractivity contribution < 1.29 is 13.6 Å². The largest absolute Gasteiger partial charge is 0.300 e. The Morgan fingerprint density at radius 3 is 1.46 bits per heavy atom. The molecule has 0 aliphatic heterocycles. The zero-order valence-electron chi connectivity index (χ0n) is 15.4. The predicted molar refractivity (Wildman–Crippen MR) is 114 cm³/mol. The first-order valence-electron chi connectivity index (χ1n) is 9.74. The third-order valence-electron chi connectivity index (χ3n) is 6.00. The average Bonchev–Trinajstić information content (AvgIpc) is 3.54. The summed E-state index contributed by atoms with van der Waals surface area (Å²) in [4.78, 5) is 13.2. The van der Waals surface area contributed by atoms with Crippen LogP contribution >= 0.6 is 31.9 Å². The summed E-state index contributed by atoms with van der Waals surface area (Å²) in [6.07, 6.45) is 4.30. The molecule has 148 valence electrons. The Morgan fingerprint density at radius 2 is 1.14 bits per heavy atom. The molecule has 2 aromatic carbocycles. The summed E-state index contributed by atoms with van der Waals surface area (Å²) in [6, 6.07) is 13.3. The van der Waals surface area contributed by atoms with E-state index in [-0.39, 0.29) is 42.1 Å². The lowest BCUT2D eigenvalue weighted by molar-refractivity contribution is -0.120. The van der Waals surface area contributed by atoms with Crippen LogP contribution < -0.4 is 0 Å². The summed E-state index contributed by atoms with van der Waals surface area (Å²) >= 11 is 7.51. The first-order valence-corrected chi connectivity index (χ1v) is 11.3. The topological polar surface area (TPSA) is 17.1 Å². The van der Waals surface area contributed by atoms with Crippen molar-refractivity contribution in [2.45, 2.75) is 47.2 Å². The van der Waals surface area contributed by atoms with Gasteiger partial charge in [0.15, 0.2) is 0 Å². The molecule has 0 saturated heterocycles. The number of Topliss-reactive ketones (excluding diaryl/α,β-unsaturated/α-hetero) is 1. The van der Waals surface area contributed by atoms with Gasteiger partial charge in [-0.3, -0.25) is 4.79 Å². The molecule has 2 unspecified atom stereocenters. The van der Waals surface area contributed by atoms with Crippen LogP contribution in [0.1, 0.15) is 49.7 Å². The number of hydrogen-bond acceptors (Lipinski definition) is 1. The van der Waals surface area contributed by atoms with Crippen LogP contribution in [0.3, 0.4) is 0 Å². The number of carbonyl (C=O) groups excluding carboxylic acids is 1. The summed E-state index contributed by atoms with van der Waals surface area (Å²) in [7, 11) is 0. The molecule has 2 fully saturated rings. The Hall–Kier alpha value is -1.07. The Kier molecular flexibility index (Phi) is 5.51.